The smallest absolute Gasteiger partial charge is 0.327 e. The van der Waals surface area contributed by atoms with Crippen LogP contribution in [0, 0.1) is 29.2 Å². The first kappa shape index (κ1) is 18.8. The van der Waals surface area contributed by atoms with Crippen molar-refractivity contribution in [1.29, 1.82) is 0 Å². The molecule has 1 aliphatic carbocycles. The Kier molecular flexibility index (Phi) is 6.44. The minimum Gasteiger partial charge on any atom is -0.478 e. The second-order valence-corrected chi connectivity index (χ2v) is 4.76. The van der Waals surface area contributed by atoms with Crippen LogP contribution in [0.15, 0.2) is 18.7 Å². The van der Waals surface area contributed by atoms with Crippen molar-refractivity contribution in [2.45, 2.75) is 19.4 Å². The summed E-state index contributed by atoms with van der Waals surface area (Å²) in [5, 5.41) is 10.6. The fraction of sp³-hybridized carbons (Fsp3) is 0.333. The number of rotatable bonds is 5. The first-order valence-electron chi connectivity index (χ1n) is 6.70. The molecule has 0 heterocycles. The quantitative estimate of drug-likeness (QED) is 0.286. The molecule has 0 spiro atoms. The number of carbonyl (C=O) groups excluding carboxylic acids is 1. The summed E-state index contributed by atoms with van der Waals surface area (Å²) in [4.78, 5) is 21.0. The Bertz CT molecular complexity index is 634. The van der Waals surface area contributed by atoms with E-state index in [1.54, 1.807) is 0 Å². The molecule has 0 aromatic heterocycles. The minimum atomic E-state index is -1.95. The summed E-state index contributed by atoms with van der Waals surface area (Å²) in [6.07, 6.45) is 1.33. The third kappa shape index (κ3) is 4.62. The van der Waals surface area contributed by atoms with Gasteiger partial charge in [0.05, 0.1) is 5.56 Å². The van der Waals surface area contributed by atoms with E-state index in [-0.39, 0.29) is 6.04 Å². The number of benzene rings is 1. The molecule has 1 fully saturated rings. The predicted octanol–water partition coefficient (Wildman–Crippen LogP) is 2.68. The average molecular weight is 333 g/mol. The highest BCUT2D eigenvalue weighted by Gasteiger charge is 2.44. The molecule has 0 bridgehead atoms. The lowest BCUT2D eigenvalue weighted by Gasteiger charge is -2.05. The number of hydrogen-bond donors (Lipinski definition) is 2. The molecular weight excluding hydrogens is 318 g/mol. The first-order chi connectivity index (χ1) is 10.7. The highest BCUT2D eigenvalue weighted by molar-refractivity contribution is 6.00. The first-order valence-corrected chi connectivity index (χ1v) is 6.70. The normalized spacial score (nSPS) is 18.7. The van der Waals surface area contributed by atoms with Gasteiger partial charge in [0.15, 0.2) is 29.1 Å². The maximum Gasteiger partial charge on any atom is 0.327 e. The van der Waals surface area contributed by atoms with Crippen LogP contribution in [0.25, 0.3) is 0 Å². The summed E-state index contributed by atoms with van der Waals surface area (Å²) in [7, 11) is 0. The van der Waals surface area contributed by atoms with E-state index in [2.05, 4.69) is 11.9 Å². The van der Waals surface area contributed by atoms with Gasteiger partial charge in [-0.2, -0.15) is 0 Å². The van der Waals surface area contributed by atoms with E-state index in [9.17, 15) is 27.2 Å². The summed E-state index contributed by atoms with van der Waals surface area (Å²) in [5.41, 5.74) is -0.725. The Morgan fingerprint density at radius 3 is 2.35 bits per heavy atom. The number of ketones is 1. The molecule has 2 atom stereocenters. The summed E-state index contributed by atoms with van der Waals surface area (Å²) in [6.45, 7) is 5.45. The molecule has 126 valence electrons. The summed E-state index contributed by atoms with van der Waals surface area (Å²) in [6, 6.07) is 0.315. The molecule has 8 heteroatoms. The van der Waals surface area contributed by atoms with Crippen molar-refractivity contribution in [1.82, 2.24) is 5.32 Å². The molecule has 0 saturated heterocycles. The fourth-order valence-corrected chi connectivity index (χ4v) is 1.92. The zero-order valence-electron chi connectivity index (χ0n) is 12.2. The van der Waals surface area contributed by atoms with Gasteiger partial charge in [-0.05, 0) is 19.0 Å². The van der Waals surface area contributed by atoms with E-state index < -0.39 is 46.5 Å². The molecule has 2 rings (SSSR count). The SMILES string of the molecule is C=CC(=O)O.CCNC1CC1C(=O)c1cc(F)c(F)c(F)c1F. The van der Waals surface area contributed by atoms with Gasteiger partial charge in [0.25, 0.3) is 0 Å². The lowest BCUT2D eigenvalue weighted by atomic mass is 10.1. The number of carbonyl (C=O) groups is 2. The van der Waals surface area contributed by atoms with Crippen molar-refractivity contribution in [3.63, 3.8) is 0 Å². The Morgan fingerprint density at radius 2 is 1.87 bits per heavy atom. The lowest BCUT2D eigenvalue weighted by molar-refractivity contribution is -0.131. The molecule has 0 aliphatic heterocycles. The topological polar surface area (TPSA) is 66.4 Å². The Morgan fingerprint density at radius 1 is 1.30 bits per heavy atom. The van der Waals surface area contributed by atoms with Crippen LogP contribution in [0.5, 0.6) is 0 Å². The van der Waals surface area contributed by atoms with Gasteiger partial charge in [-0.3, -0.25) is 4.79 Å². The van der Waals surface area contributed by atoms with E-state index in [1.165, 1.54) is 0 Å². The number of carboxylic acid groups (broad SMARTS) is 1. The molecule has 1 aromatic rings. The van der Waals surface area contributed by atoms with Crippen LogP contribution >= 0.6 is 0 Å². The van der Waals surface area contributed by atoms with Gasteiger partial charge >= 0.3 is 5.97 Å². The van der Waals surface area contributed by atoms with E-state index >= 15 is 0 Å². The standard InChI is InChI=1S/C12H11F4NO.C3H4O2/c1-2-17-8-4-5(8)12(18)6-3-7(13)10(15)11(16)9(6)14;1-2-3(4)5/h3,5,8,17H,2,4H2,1H3;2H,1H2,(H,4,5). The van der Waals surface area contributed by atoms with Crippen molar-refractivity contribution >= 4 is 11.8 Å². The zero-order chi connectivity index (χ0) is 17.7. The molecule has 2 N–H and O–H groups in total. The monoisotopic (exact) mass is 333 g/mol. The second-order valence-electron chi connectivity index (χ2n) is 4.76. The largest absolute Gasteiger partial charge is 0.478 e. The van der Waals surface area contributed by atoms with Crippen LogP contribution in [0.1, 0.15) is 23.7 Å². The van der Waals surface area contributed by atoms with Gasteiger partial charge in [-0.25, -0.2) is 22.4 Å². The van der Waals surface area contributed by atoms with Crippen molar-refractivity contribution in [3.8, 4) is 0 Å². The van der Waals surface area contributed by atoms with Crippen LogP contribution in [-0.2, 0) is 4.79 Å². The second kappa shape index (κ2) is 7.87. The number of halogens is 4. The average Bonchev–Trinajstić information content (AvgIpc) is 3.28. The van der Waals surface area contributed by atoms with Gasteiger partial charge < -0.3 is 10.4 Å². The van der Waals surface area contributed by atoms with Crippen molar-refractivity contribution in [3.05, 3.63) is 47.6 Å². The van der Waals surface area contributed by atoms with Crippen molar-refractivity contribution in [2.24, 2.45) is 5.92 Å². The van der Waals surface area contributed by atoms with Crippen molar-refractivity contribution < 1.29 is 32.3 Å². The highest BCUT2D eigenvalue weighted by Crippen LogP contribution is 2.35. The van der Waals surface area contributed by atoms with Gasteiger partial charge in [0, 0.05) is 18.0 Å². The van der Waals surface area contributed by atoms with Gasteiger partial charge in [0.2, 0.25) is 0 Å². The molecule has 0 amide bonds. The number of nitrogens with one attached hydrogen (secondary N) is 1. The molecule has 4 nitrogen and oxygen atoms in total. The van der Waals surface area contributed by atoms with Gasteiger partial charge in [0.1, 0.15) is 0 Å². The molecule has 1 aliphatic rings. The molecule has 1 aromatic carbocycles. The molecule has 23 heavy (non-hydrogen) atoms. The van der Waals surface area contributed by atoms with E-state index in [1.807, 2.05) is 6.92 Å². The Hall–Kier alpha value is -2.22. The van der Waals surface area contributed by atoms with Gasteiger partial charge in [-0.15, -0.1) is 0 Å². The summed E-state index contributed by atoms with van der Waals surface area (Å²) >= 11 is 0. The van der Waals surface area contributed by atoms with Gasteiger partial charge in [-0.1, -0.05) is 13.5 Å². The minimum absolute atomic E-state index is 0.0990. The molecular formula is C15H15F4NO3. The number of aliphatic carboxylic acids is 1. The van der Waals surface area contributed by atoms with Crippen LogP contribution in [0.4, 0.5) is 17.6 Å². The van der Waals surface area contributed by atoms with Crippen LogP contribution in [-0.4, -0.2) is 29.4 Å². The van der Waals surface area contributed by atoms with E-state index in [0.717, 1.165) is 6.08 Å². The predicted molar refractivity (Wildman–Crippen MR) is 74.0 cm³/mol. The van der Waals surface area contributed by atoms with Crippen LogP contribution < -0.4 is 5.32 Å². The fourth-order valence-electron chi connectivity index (χ4n) is 1.92. The van der Waals surface area contributed by atoms with Crippen LogP contribution in [0.3, 0.4) is 0 Å². The van der Waals surface area contributed by atoms with Crippen molar-refractivity contribution in [2.75, 3.05) is 6.54 Å². The Labute approximate surface area is 129 Å². The zero-order valence-corrected chi connectivity index (χ0v) is 12.2. The van der Waals surface area contributed by atoms with E-state index in [4.69, 9.17) is 5.11 Å². The number of hydrogen-bond acceptors (Lipinski definition) is 3. The number of Topliss-reactive ketones (excluding diaryl/α,β-unsaturated/α-hetero) is 1. The summed E-state index contributed by atoms with van der Waals surface area (Å²) in [5.74, 6) is -9.20. The molecule has 2 unspecified atom stereocenters. The molecule has 1 saturated carbocycles. The maximum atomic E-state index is 13.4. The number of carboxylic acids is 1. The third-order valence-electron chi connectivity index (χ3n) is 3.14. The maximum absolute atomic E-state index is 13.4. The third-order valence-corrected chi connectivity index (χ3v) is 3.14. The summed E-state index contributed by atoms with van der Waals surface area (Å²) < 4.78 is 52.1. The Balaban J connectivity index is 0.000000463. The highest BCUT2D eigenvalue weighted by atomic mass is 19.2. The van der Waals surface area contributed by atoms with Crippen LogP contribution in [0.2, 0.25) is 0 Å². The molecule has 0 radical (unpaired) electrons. The van der Waals surface area contributed by atoms with E-state index in [0.29, 0.717) is 19.0 Å². The lowest BCUT2D eigenvalue weighted by Crippen LogP contribution is -2.21.